The van der Waals surface area contributed by atoms with Crippen LogP contribution < -0.4 is 5.32 Å². The highest BCUT2D eigenvalue weighted by Gasteiger charge is 2.20. The standard InChI is InChI=1S/C24H24N2O2S/c1-16(2)23(21-9-6-14-29-21)26-24(27)18-11-12-19-20(15-18)28-22(25-19)13-10-17-7-4-3-5-8-17/h3-9,11-12,14-16,23H,10,13H2,1-2H3,(H,26,27)/t23-/m1/s1. The summed E-state index contributed by atoms with van der Waals surface area (Å²) in [6.45, 7) is 4.23. The third-order valence-electron chi connectivity index (χ3n) is 4.97. The van der Waals surface area contributed by atoms with E-state index in [0.29, 0.717) is 23.0 Å². The molecule has 0 saturated carbocycles. The van der Waals surface area contributed by atoms with Crippen LogP contribution in [0.2, 0.25) is 0 Å². The Morgan fingerprint density at radius 2 is 1.90 bits per heavy atom. The SMILES string of the molecule is CC(C)[C@@H](NC(=O)c1ccc2nc(CCc3ccccc3)oc2c1)c1cccs1. The van der Waals surface area contributed by atoms with Crippen LogP contribution in [0.3, 0.4) is 0 Å². The summed E-state index contributed by atoms with van der Waals surface area (Å²) in [6, 6.07) is 19.8. The molecule has 0 spiro atoms. The lowest BCUT2D eigenvalue weighted by atomic mass is 10.0. The predicted molar refractivity (Wildman–Crippen MR) is 117 cm³/mol. The number of hydrogen-bond acceptors (Lipinski definition) is 4. The van der Waals surface area contributed by atoms with Crippen molar-refractivity contribution in [1.82, 2.24) is 10.3 Å². The molecule has 0 aliphatic heterocycles. The zero-order valence-corrected chi connectivity index (χ0v) is 17.4. The molecular weight excluding hydrogens is 380 g/mol. The molecule has 0 aliphatic rings. The highest BCUT2D eigenvalue weighted by molar-refractivity contribution is 7.10. The van der Waals surface area contributed by atoms with E-state index in [4.69, 9.17) is 4.42 Å². The number of thiophene rings is 1. The van der Waals surface area contributed by atoms with Crippen molar-refractivity contribution >= 4 is 28.3 Å². The van der Waals surface area contributed by atoms with Gasteiger partial charge in [-0.05, 0) is 47.5 Å². The van der Waals surface area contributed by atoms with Gasteiger partial charge in [0.05, 0.1) is 6.04 Å². The fourth-order valence-electron chi connectivity index (χ4n) is 3.38. The molecule has 0 bridgehead atoms. The van der Waals surface area contributed by atoms with Crippen LogP contribution in [0.5, 0.6) is 0 Å². The zero-order chi connectivity index (χ0) is 20.2. The molecule has 0 saturated heterocycles. The monoisotopic (exact) mass is 404 g/mol. The molecule has 0 unspecified atom stereocenters. The number of carbonyl (C=O) groups excluding carboxylic acids is 1. The van der Waals surface area contributed by atoms with E-state index in [0.717, 1.165) is 23.2 Å². The van der Waals surface area contributed by atoms with Crippen LogP contribution in [0.15, 0.2) is 70.5 Å². The summed E-state index contributed by atoms with van der Waals surface area (Å²) in [5.41, 5.74) is 3.27. The number of oxazole rings is 1. The highest BCUT2D eigenvalue weighted by Crippen LogP contribution is 2.26. The van der Waals surface area contributed by atoms with Gasteiger partial charge in [-0.2, -0.15) is 0 Å². The van der Waals surface area contributed by atoms with Gasteiger partial charge in [-0.25, -0.2) is 4.98 Å². The van der Waals surface area contributed by atoms with E-state index in [1.165, 1.54) is 5.56 Å². The Balaban J connectivity index is 1.48. The van der Waals surface area contributed by atoms with Gasteiger partial charge in [-0.15, -0.1) is 11.3 Å². The van der Waals surface area contributed by atoms with Crippen molar-refractivity contribution in [2.45, 2.75) is 32.7 Å². The van der Waals surface area contributed by atoms with E-state index in [-0.39, 0.29) is 11.9 Å². The molecule has 148 valence electrons. The highest BCUT2D eigenvalue weighted by atomic mass is 32.1. The average molecular weight is 405 g/mol. The molecular formula is C24H24N2O2S. The summed E-state index contributed by atoms with van der Waals surface area (Å²) >= 11 is 1.66. The van der Waals surface area contributed by atoms with Gasteiger partial charge < -0.3 is 9.73 Å². The largest absolute Gasteiger partial charge is 0.441 e. The molecule has 5 heteroatoms. The van der Waals surface area contributed by atoms with Gasteiger partial charge in [-0.1, -0.05) is 50.2 Å². The number of aryl methyl sites for hydroxylation is 2. The minimum atomic E-state index is -0.0961. The Morgan fingerprint density at radius 1 is 1.07 bits per heavy atom. The fourth-order valence-corrected chi connectivity index (χ4v) is 4.32. The van der Waals surface area contributed by atoms with Gasteiger partial charge in [0, 0.05) is 16.9 Å². The molecule has 4 aromatic rings. The second-order valence-corrected chi connectivity index (χ2v) is 8.47. The van der Waals surface area contributed by atoms with Crippen LogP contribution in [-0.2, 0) is 12.8 Å². The van der Waals surface area contributed by atoms with Crippen LogP contribution in [0.25, 0.3) is 11.1 Å². The lowest BCUT2D eigenvalue weighted by Crippen LogP contribution is -2.31. The summed E-state index contributed by atoms with van der Waals surface area (Å²) in [5.74, 6) is 0.900. The van der Waals surface area contributed by atoms with Gasteiger partial charge in [0.15, 0.2) is 11.5 Å². The number of rotatable bonds is 7. The van der Waals surface area contributed by atoms with E-state index in [9.17, 15) is 4.79 Å². The first-order chi connectivity index (χ1) is 14.1. The second-order valence-electron chi connectivity index (χ2n) is 7.49. The molecule has 1 atom stereocenters. The van der Waals surface area contributed by atoms with Crippen molar-refractivity contribution < 1.29 is 9.21 Å². The Bertz CT molecular complexity index is 1080. The van der Waals surface area contributed by atoms with Crippen LogP contribution in [0.4, 0.5) is 0 Å². The Hall–Kier alpha value is -2.92. The van der Waals surface area contributed by atoms with E-state index >= 15 is 0 Å². The van der Waals surface area contributed by atoms with Crippen molar-refractivity contribution in [2.75, 3.05) is 0 Å². The number of carbonyl (C=O) groups is 1. The zero-order valence-electron chi connectivity index (χ0n) is 16.6. The first-order valence-electron chi connectivity index (χ1n) is 9.88. The third-order valence-corrected chi connectivity index (χ3v) is 5.92. The number of aromatic nitrogens is 1. The summed E-state index contributed by atoms with van der Waals surface area (Å²) in [4.78, 5) is 18.6. The maximum absolute atomic E-state index is 12.8. The van der Waals surface area contributed by atoms with Crippen LogP contribution in [0.1, 0.15) is 46.6 Å². The molecule has 4 nitrogen and oxygen atoms in total. The number of nitrogens with zero attached hydrogens (tertiary/aromatic N) is 1. The van der Waals surface area contributed by atoms with Crippen LogP contribution in [0, 0.1) is 5.92 Å². The van der Waals surface area contributed by atoms with Crippen molar-refractivity contribution in [2.24, 2.45) is 5.92 Å². The summed E-state index contributed by atoms with van der Waals surface area (Å²) in [6.07, 6.45) is 1.60. The van der Waals surface area contributed by atoms with Crippen LogP contribution >= 0.6 is 11.3 Å². The second kappa shape index (κ2) is 8.62. The smallest absolute Gasteiger partial charge is 0.251 e. The van der Waals surface area contributed by atoms with Crippen molar-refractivity contribution in [3.05, 3.63) is 87.9 Å². The quantitative estimate of drug-likeness (QED) is 0.423. The molecule has 4 rings (SSSR count). The Labute approximate surface area is 174 Å². The average Bonchev–Trinajstić information content (AvgIpc) is 3.39. The maximum Gasteiger partial charge on any atom is 0.251 e. The fraction of sp³-hybridized carbons (Fsp3) is 0.250. The van der Waals surface area contributed by atoms with Crippen molar-refractivity contribution in [3.8, 4) is 0 Å². The number of hydrogen-bond donors (Lipinski definition) is 1. The summed E-state index contributed by atoms with van der Waals surface area (Å²) in [5, 5.41) is 5.20. The molecule has 0 radical (unpaired) electrons. The third kappa shape index (κ3) is 4.57. The number of benzene rings is 2. The van der Waals surface area contributed by atoms with Crippen LogP contribution in [-0.4, -0.2) is 10.9 Å². The number of fused-ring (bicyclic) bond motifs is 1. The maximum atomic E-state index is 12.8. The van der Waals surface area contributed by atoms with E-state index in [1.54, 1.807) is 17.4 Å². The lowest BCUT2D eigenvalue weighted by Gasteiger charge is -2.21. The predicted octanol–water partition coefficient (Wildman–Crippen LogP) is 5.80. The van der Waals surface area contributed by atoms with Gasteiger partial charge in [0.2, 0.25) is 0 Å². The first-order valence-corrected chi connectivity index (χ1v) is 10.8. The number of nitrogens with one attached hydrogen (secondary N) is 1. The molecule has 1 N–H and O–H groups in total. The molecule has 0 fully saturated rings. The van der Waals surface area contributed by atoms with E-state index < -0.39 is 0 Å². The summed E-state index contributed by atoms with van der Waals surface area (Å²) in [7, 11) is 0. The normalized spacial score (nSPS) is 12.4. The van der Waals surface area contributed by atoms with Crippen molar-refractivity contribution in [3.63, 3.8) is 0 Å². The first kappa shape index (κ1) is 19.4. The molecule has 2 aromatic carbocycles. The van der Waals surface area contributed by atoms with Gasteiger partial charge in [-0.3, -0.25) is 4.79 Å². The van der Waals surface area contributed by atoms with Gasteiger partial charge in [0.1, 0.15) is 5.52 Å². The Kier molecular flexibility index (Phi) is 5.76. The molecule has 1 amide bonds. The van der Waals surface area contributed by atoms with Gasteiger partial charge >= 0.3 is 0 Å². The number of amides is 1. The topological polar surface area (TPSA) is 55.1 Å². The molecule has 0 aliphatic carbocycles. The minimum absolute atomic E-state index is 0.00523. The molecule has 2 aromatic heterocycles. The molecule has 29 heavy (non-hydrogen) atoms. The van der Waals surface area contributed by atoms with Gasteiger partial charge in [0.25, 0.3) is 5.91 Å². The molecule has 2 heterocycles. The summed E-state index contributed by atoms with van der Waals surface area (Å²) < 4.78 is 5.92. The Morgan fingerprint density at radius 3 is 2.62 bits per heavy atom. The van der Waals surface area contributed by atoms with E-state index in [1.807, 2.05) is 41.8 Å². The van der Waals surface area contributed by atoms with E-state index in [2.05, 4.69) is 42.3 Å². The minimum Gasteiger partial charge on any atom is -0.441 e. The lowest BCUT2D eigenvalue weighted by molar-refractivity contribution is 0.0926. The van der Waals surface area contributed by atoms with Crippen molar-refractivity contribution in [1.29, 1.82) is 0 Å².